The van der Waals surface area contributed by atoms with Gasteiger partial charge in [-0.3, -0.25) is 0 Å². The van der Waals surface area contributed by atoms with Gasteiger partial charge in [-0.25, -0.2) is 0 Å². The Morgan fingerprint density at radius 2 is 2.00 bits per heavy atom. The number of morpholine rings is 1. The van der Waals surface area contributed by atoms with Gasteiger partial charge in [-0.1, -0.05) is 6.42 Å². The number of hydrogen-bond acceptors (Lipinski definition) is 4. The Morgan fingerprint density at radius 3 is 2.78 bits per heavy atom. The first-order valence-electron chi connectivity index (χ1n) is 7.56. The molecule has 3 aliphatic rings. The number of rotatable bonds is 4. The van der Waals surface area contributed by atoms with Crippen molar-refractivity contribution in [2.24, 2.45) is 11.8 Å². The predicted molar refractivity (Wildman–Crippen MR) is 70.7 cm³/mol. The van der Waals surface area contributed by atoms with Crippen LogP contribution in [0, 0.1) is 11.8 Å². The van der Waals surface area contributed by atoms with E-state index in [0.29, 0.717) is 12.1 Å². The van der Waals surface area contributed by atoms with Gasteiger partial charge in [0, 0.05) is 31.8 Å². The molecule has 3 rings (SSSR count). The molecule has 0 aromatic rings. The van der Waals surface area contributed by atoms with Gasteiger partial charge in [0.05, 0.1) is 19.8 Å². The minimum absolute atomic E-state index is 0.568. The summed E-state index contributed by atoms with van der Waals surface area (Å²) >= 11 is 0. The molecule has 0 radical (unpaired) electrons. The lowest BCUT2D eigenvalue weighted by Gasteiger charge is -2.33. The highest BCUT2D eigenvalue weighted by atomic mass is 16.5. The van der Waals surface area contributed by atoms with Crippen molar-refractivity contribution in [3.05, 3.63) is 0 Å². The monoisotopic (exact) mass is 254 g/mol. The quantitative estimate of drug-likeness (QED) is 0.778. The van der Waals surface area contributed by atoms with Gasteiger partial charge in [0.1, 0.15) is 0 Å². The van der Waals surface area contributed by atoms with Crippen LogP contribution in [0.4, 0.5) is 0 Å². The SMILES string of the molecule is C1CC(NCC2CCOC2)C(C2COCCN2)C1. The minimum atomic E-state index is 0.568. The standard InChI is InChI=1S/C14H26N2O2/c1-2-12(14-10-18-7-5-15-14)13(3-1)16-8-11-4-6-17-9-11/h11-16H,1-10H2. The lowest BCUT2D eigenvalue weighted by atomic mass is 9.93. The molecule has 4 nitrogen and oxygen atoms in total. The van der Waals surface area contributed by atoms with Crippen LogP contribution < -0.4 is 10.6 Å². The fourth-order valence-electron chi connectivity index (χ4n) is 3.65. The van der Waals surface area contributed by atoms with E-state index in [2.05, 4.69) is 10.6 Å². The second-order valence-corrected chi connectivity index (χ2v) is 5.97. The highest BCUT2D eigenvalue weighted by Crippen LogP contribution is 2.29. The smallest absolute Gasteiger partial charge is 0.0623 e. The molecule has 4 atom stereocenters. The van der Waals surface area contributed by atoms with Crippen molar-refractivity contribution in [1.82, 2.24) is 10.6 Å². The van der Waals surface area contributed by atoms with E-state index in [-0.39, 0.29) is 0 Å². The molecule has 2 heterocycles. The van der Waals surface area contributed by atoms with Crippen molar-refractivity contribution >= 4 is 0 Å². The van der Waals surface area contributed by atoms with E-state index in [1.54, 1.807) is 0 Å². The minimum Gasteiger partial charge on any atom is -0.381 e. The van der Waals surface area contributed by atoms with Gasteiger partial charge in [-0.05, 0) is 31.1 Å². The molecule has 104 valence electrons. The number of ether oxygens (including phenoxy) is 2. The molecule has 4 heteroatoms. The Labute approximate surface area is 110 Å². The number of nitrogens with one attached hydrogen (secondary N) is 2. The summed E-state index contributed by atoms with van der Waals surface area (Å²) in [5.41, 5.74) is 0. The second kappa shape index (κ2) is 6.33. The Morgan fingerprint density at radius 1 is 1.06 bits per heavy atom. The van der Waals surface area contributed by atoms with Crippen LogP contribution in [-0.2, 0) is 9.47 Å². The molecule has 0 bridgehead atoms. The van der Waals surface area contributed by atoms with E-state index >= 15 is 0 Å². The van der Waals surface area contributed by atoms with E-state index < -0.39 is 0 Å². The molecular weight excluding hydrogens is 228 g/mol. The van der Waals surface area contributed by atoms with Gasteiger partial charge in [0.15, 0.2) is 0 Å². The van der Waals surface area contributed by atoms with Crippen molar-refractivity contribution in [2.45, 2.75) is 37.8 Å². The third-order valence-electron chi connectivity index (χ3n) is 4.73. The Kier molecular flexibility index (Phi) is 4.52. The molecule has 2 N–H and O–H groups in total. The molecule has 0 spiro atoms. The van der Waals surface area contributed by atoms with Gasteiger partial charge in [-0.15, -0.1) is 0 Å². The van der Waals surface area contributed by atoms with Crippen LogP contribution in [0.25, 0.3) is 0 Å². The fourth-order valence-corrected chi connectivity index (χ4v) is 3.65. The summed E-state index contributed by atoms with van der Waals surface area (Å²) in [7, 11) is 0. The van der Waals surface area contributed by atoms with Crippen molar-refractivity contribution in [2.75, 3.05) is 39.5 Å². The molecule has 1 saturated carbocycles. The predicted octanol–water partition coefficient (Wildman–Crippen LogP) is 0.770. The lowest BCUT2D eigenvalue weighted by Crippen LogP contribution is -2.51. The zero-order valence-electron chi connectivity index (χ0n) is 11.2. The zero-order chi connectivity index (χ0) is 12.2. The van der Waals surface area contributed by atoms with E-state index in [1.807, 2.05) is 0 Å². The lowest BCUT2D eigenvalue weighted by molar-refractivity contribution is 0.0522. The molecule has 0 aromatic carbocycles. The average molecular weight is 254 g/mol. The van der Waals surface area contributed by atoms with Crippen molar-refractivity contribution in [3.8, 4) is 0 Å². The van der Waals surface area contributed by atoms with Gasteiger partial charge >= 0.3 is 0 Å². The van der Waals surface area contributed by atoms with E-state index in [0.717, 1.165) is 51.4 Å². The summed E-state index contributed by atoms with van der Waals surface area (Å²) in [5.74, 6) is 1.49. The molecule has 2 aliphatic heterocycles. The maximum atomic E-state index is 5.61. The summed E-state index contributed by atoms with van der Waals surface area (Å²) in [6.45, 7) is 5.84. The Balaban J connectivity index is 1.47. The molecule has 0 aromatic heterocycles. The van der Waals surface area contributed by atoms with Crippen molar-refractivity contribution in [1.29, 1.82) is 0 Å². The van der Waals surface area contributed by atoms with E-state index in [1.165, 1.54) is 25.7 Å². The third-order valence-corrected chi connectivity index (χ3v) is 4.73. The summed E-state index contributed by atoms with van der Waals surface area (Å²) in [4.78, 5) is 0. The van der Waals surface area contributed by atoms with Crippen LogP contribution in [0.1, 0.15) is 25.7 Å². The molecule has 4 unspecified atom stereocenters. The third kappa shape index (κ3) is 3.05. The van der Waals surface area contributed by atoms with Gasteiger partial charge in [0.25, 0.3) is 0 Å². The van der Waals surface area contributed by atoms with Gasteiger partial charge in [-0.2, -0.15) is 0 Å². The maximum absolute atomic E-state index is 5.61. The van der Waals surface area contributed by atoms with Crippen LogP contribution >= 0.6 is 0 Å². The summed E-state index contributed by atoms with van der Waals surface area (Å²) < 4.78 is 11.1. The second-order valence-electron chi connectivity index (χ2n) is 5.97. The first-order chi connectivity index (χ1) is 8.93. The molecule has 18 heavy (non-hydrogen) atoms. The number of hydrogen-bond donors (Lipinski definition) is 2. The first-order valence-corrected chi connectivity index (χ1v) is 7.56. The fraction of sp³-hybridized carbons (Fsp3) is 1.00. The Bertz CT molecular complexity index is 250. The topological polar surface area (TPSA) is 42.5 Å². The maximum Gasteiger partial charge on any atom is 0.0623 e. The van der Waals surface area contributed by atoms with Crippen molar-refractivity contribution in [3.63, 3.8) is 0 Å². The summed E-state index contributed by atoms with van der Waals surface area (Å²) in [6, 6.07) is 1.25. The highest BCUT2D eigenvalue weighted by Gasteiger charge is 2.34. The zero-order valence-corrected chi connectivity index (χ0v) is 11.2. The van der Waals surface area contributed by atoms with Crippen LogP contribution in [0.2, 0.25) is 0 Å². The first kappa shape index (κ1) is 12.9. The van der Waals surface area contributed by atoms with Crippen LogP contribution in [0.5, 0.6) is 0 Å². The average Bonchev–Trinajstić information content (AvgIpc) is 3.09. The molecule has 1 aliphatic carbocycles. The van der Waals surface area contributed by atoms with Crippen LogP contribution in [0.15, 0.2) is 0 Å². The highest BCUT2D eigenvalue weighted by molar-refractivity contribution is 4.92. The molecule has 2 saturated heterocycles. The van der Waals surface area contributed by atoms with E-state index in [4.69, 9.17) is 9.47 Å². The van der Waals surface area contributed by atoms with Crippen molar-refractivity contribution < 1.29 is 9.47 Å². The molecule has 3 fully saturated rings. The Hall–Kier alpha value is -0.160. The van der Waals surface area contributed by atoms with Gasteiger partial charge in [0.2, 0.25) is 0 Å². The molecular formula is C14H26N2O2. The van der Waals surface area contributed by atoms with E-state index in [9.17, 15) is 0 Å². The summed E-state index contributed by atoms with van der Waals surface area (Å²) in [6.07, 6.45) is 5.27. The summed E-state index contributed by atoms with van der Waals surface area (Å²) in [5, 5.41) is 7.42. The van der Waals surface area contributed by atoms with Gasteiger partial charge < -0.3 is 20.1 Å². The van der Waals surface area contributed by atoms with Crippen LogP contribution in [-0.4, -0.2) is 51.6 Å². The normalized spacial score (nSPS) is 41.3. The largest absolute Gasteiger partial charge is 0.381 e. The molecule has 0 amide bonds. The van der Waals surface area contributed by atoms with Crippen LogP contribution in [0.3, 0.4) is 0 Å².